The zero-order valence-corrected chi connectivity index (χ0v) is 52.9. The summed E-state index contributed by atoms with van der Waals surface area (Å²) in [5, 5.41) is 23.2. The predicted molar refractivity (Wildman–Crippen MR) is 343 cm³/mol. The number of hydrogen-bond donors (Lipinski definition) is 3. The third kappa shape index (κ3) is 63.5. The van der Waals surface area contributed by atoms with Gasteiger partial charge in [-0.15, -0.1) is 0 Å². The highest BCUT2D eigenvalue weighted by molar-refractivity contribution is 5.76. The maximum Gasteiger partial charge on any atom is 0.305 e. The van der Waals surface area contributed by atoms with E-state index in [2.05, 4.69) is 31.3 Å². The van der Waals surface area contributed by atoms with Crippen molar-refractivity contribution in [3.8, 4) is 0 Å². The van der Waals surface area contributed by atoms with E-state index in [1.165, 1.54) is 327 Å². The summed E-state index contributed by atoms with van der Waals surface area (Å²) in [7, 11) is 0. The molecule has 0 aliphatic carbocycles. The van der Waals surface area contributed by atoms with Crippen molar-refractivity contribution in [1.82, 2.24) is 5.32 Å². The molecule has 0 aromatic rings. The van der Waals surface area contributed by atoms with Crippen molar-refractivity contribution in [3.05, 3.63) is 24.3 Å². The van der Waals surface area contributed by atoms with E-state index in [1.807, 2.05) is 6.08 Å². The van der Waals surface area contributed by atoms with Crippen LogP contribution < -0.4 is 5.32 Å². The maximum absolute atomic E-state index is 12.5. The van der Waals surface area contributed by atoms with Gasteiger partial charge in [0.1, 0.15) is 0 Å². The topological polar surface area (TPSA) is 95.9 Å². The second kappa shape index (κ2) is 67.8. The lowest BCUT2D eigenvalue weighted by atomic mass is 10.0. The van der Waals surface area contributed by atoms with Crippen molar-refractivity contribution in [1.29, 1.82) is 0 Å². The van der Waals surface area contributed by atoms with Crippen molar-refractivity contribution in [2.45, 2.75) is 411 Å². The summed E-state index contributed by atoms with van der Waals surface area (Å²) in [6.45, 7) is 4.92. The molecule has 3 N–H and O–H groups in total. The molecule has 0 saturated carbocycles. The van der Waals surface area contributed by atoms with Gasteiger partial charge in [-0.05, 0) is 57.8 Å². The number of carbonyl (C=O) groups is 2. The zero-order chi connectivity index (χ0) is 56.4. The molecule has 0 rings (SSSR count). The average molecular weight is 1100 g/mol. The minimum atomic E-state index is -0.841. The van der Waals surface area contributed by atoms with Crippen LogP contribution in [-0.2, 0) is 14.3 Å². The Hall–Kier alpha value is -1.66. The van der Waals surface area contributed by atoms with Gasteiger partial charge in [0.25, 0.3) is 0 Å². The summed E-state index contributed by atoms with van der Waals surface area (Å²) >= 11 is 0. The van der Waals surface area contributed by atoms with E-state index < -0.39 is 12.1 Å². The fourth-order valence-electron chi connectivity index (χ4n) is 11.3. The average Bonchev–Trinajstić information content (AvgIpc) is 3.44. The van der Waals surface area contributed by atoms with E-state index in [9.17, 15) is 19.8 Å². The Morgan fingerprint density at radius 2 is 0.603 bits per heavy atom. The lowest BCUT2D eigenvalue weighted by molar-refractivity contribution is -0.143. The molecule has 2 unspecified atom stereocenters. The molecule has 0 bridgehead atoms. The Bertz CT molecular complexity index is 1220. The Morgan fingerprint density at radius 3 is 0.923 bits per heavy atom. The monoisotopic (exact) mass is 1100 g/mol. The summed E-state index contributed by atoms with van der Waals surface area (Å²) in [6.07, 6.45) is 85.5. The van der Waals surface area contributed by atoms with Crippen molar-refractivity contribution in [2.24, 2.45) is 0 Å². The van der Waals surface area contributed by atoms with E-state index in [0.29, 0.717) is 19.4 Å². The number of hydrogen-bond acceptors (Lipinski definition) is 5. The van der Waals surface area contributed by atoms with Gasteiger partial charge in [0.05, 0.1) is 25.4 Å². The number of ether oxygens (including phenoxy) is 1. The van der Waals surface area contributed by atoms with E-state index >= 15 is 0 Å². The molecule has 462 valence electrons. The lowest BCUT2D eigenvalue weighted by Crippen LogP contribution is -2.45. The largest absolute Gasteiger partial charge is 0.466 e. The summed E-state index contributed by atoms with van der Waals surface area (Å²) in [6, 6.07) is -0.624. The Kier molecular flexibility index (Phi) is 66.4. The summed E-state index contributed by atoms with van der Waals surface area (Å²) in [5.41, 5.74) is 0. The number of esters is 1. The molecule has 1 amide bonds. The molecule has 0 aromatic heterocycles. The van der Waals surface area contributed by atoms with Gasteiger partial charge in [-0.3, -0.25) is 9.59 Å². The third-order valence-corrected chi connectivity index (χ3v) is 16.7. The number of carbonyl (C=O) groups excluding carboxylic acids is 2. The number of unbranched alkanes of at least 4 members (excludes halogenated alkanes) is 54. The van der Waals surface area contributed by atoms with Crippen LogP contribution in [0.5, 0.6) is 0 Å². The Balaban J connectivity index is 3.34. The highest BCUT2D eigenvalue weighted by atomic mass is 16.5. The molecule has 6 nitrogen and oxygen atoms in total. The first-order chi connectivity index (χ1) is 38.5. The molecular formula is C72H139NO5. The van der Waals surface area contributed by atoms with Gasteiger partial charge in [0, 0.05) is 12.8 Å². The Labute approximate surface area is 488 Å². The van der Waals surface area contributed by atoms with Crippen LogP contribution in [-0.4, -0.2) is 47.4 Å². The molecular weight excluding hydrogens is 959 g/mol. The van der Waals surface area contributed by atoms with E-state index in [0.717, 1.165) is 44.9 Å². The van der Waals surface area contributed by atoms with E-state index in [1.54, 1.807) is 6.08 Å². The van der Waals surface area contributed by atoms with Gasteiger partial charge in [-0.25, -0.2) is 0 Å². The molecule has 6 heteroatoms. The van der Waals surface area contributed by atoms with Crippen LogP contribution in [0.4, 0.5) is 0 Å². The smallest absolute Gasteiger partial charge is 0.305 e. The van der Waals surface area contributed by atoms with E-state index in [4.69, 9.17) is 4.74 Å². The summed E-state index contributed by atoms with van der Waals surface area (Å²) < 4.78 is 5.48. The third-order valence-electron chi connectivity index (χ3n) is 16.7. The van der Waals surface area contributed by atoms with Gasteiger partial charge >= 0.3 is 5.97 Å². The number of allylic oxidation sites excluding steroid dienone is 3. The predicted octanol–water partition coefficient (Wildman–Crippen LogP) is 22.9. The van der Waals surface area contributed by atoms with Gasteiger partial charge in [-0.1, -0.05) is 353 Å². The molecule has 0 saturated heterocycles. The van der Waals surface area contributed by atoms with Crippen molar-refractivity contribution >= 4 is 11.9 Å². The highest BCUT2D eigenvalue weighted by Crippen LogP contribution is 2.19. The fraction of sp³-hybridized carbons (Fsp3) is 0.917. The van der Waals surface area contributed by atoms with Crippen LogP contribution in [0.2, 0.25) is 0 Å². The first kappa shape index (κ1) is 76.3. The van der Waals surface area contributed by atoms with Crippen LogP contribution in [0.1, 0.15) is 399 Å². The quantitative estimate of drug-likeness (QED) is 0.0320. The molecule has 0 heterocycles. The molecule has 0 aliphatic rings. The van der Waals surface area contributed by atoms with Crippen molar-refractivity contribution < 1.29 is 24.5 Å². The molecule has 0 fully saturated rings. The molecule has 0 aliphatic heterocycles. The van der Waals surface area contributed by atoms with E-state index in [-0.39, 0.29) is 18.5 Å². The Morgan fingerprint density at radius 1 is 0.346 bits per heavy atom. The minimum absolute atomic E-state index is 0.0116. The van der Waals surface area contributed by atoms with Crippen LogP contribution in [0.25, 0.3) is 0 Å². The maximum atomic E-state index is 12.5. The van der Waals surface area contributed by atoms with Crippen LogP contribution in [0.15, 0.2) is 24.3 Å². The highest BCUT2D eigenvalue weighted by Gasteiger charge is 2.18. The van der Waals surface area contributed by atoms with Gasteiger partial charge in [0.2, 0.25) is 5.91 Å². The molecule has 0 aromatic carbocycles. The SMILES string of the molecule is CCCCCC/C=C\CCCCCCCC(=O)OCCCCCCCCCCCCCCCCCCCCCCCCCCCCCCCCCC(=O)NC(CO)C(O)/C=C/CCCCCCCCCCCCCCCCC. The number of nitrogens with one attached hydrogen (secondary N) is 1. The first-order valence-electron chi connectivity index (χ1n) is 35.6. The summed E-state index contributed by atoms with van der Waals surface area (Å²) in [4.78, 5) is 24.5. The number of aliphatic hydroxyl groups is 2. The summed E-state index contributed by atoms with van der Waals surface area (Å²) in [5.74, 6) is -0.0489. The molecule has 0 spiro atoms. The lowest BCUT2D eigenvalue weighted by Gasteiger charge is -2.20. The van der Waals surface area contributed by atoms with Gasteiger partial charge in [0.15, 0.2) is 0 Å². The first-order valence-corrected chi connectivity index (χ1v) is 35.6. The molecule has 0 radical (unpaired) electrons. The number of aliphatic hydroxyl groups excluding tert-OH is 2. The molecule has 2 atom stereocenters. The van der Waals surface area contributed by atoms with Crippen LogP contribution in [0, 0.1) is 0 Å². The number of rotatable bonds is 67. The fourth-order valence-corrected chi connectivity index (χ4v) is 11.3. The van der Waals surface area contributed by atoms with Gasteiger partial charge < -0.3 is 20.3 Å². The zero-order valence-electron chi connectivity index (χ0n) is 52.9. The minimum Gasteiger partial charge on any atom is -0.466 e. The normalized spacial score (nSPS) is 12.6. The second-order valence-electron chi connectivity index (χ2n) is 24.6. The standard InChI is InChI=1S/C72H139NO5/c1-3-5-7-9-11-13-15-17-18-34-37-41-44-48-52-56-60-64-70(75)69(68-74)73-71(76)65-61-57-53-49-45-42-38-35-32-30-28-26-24-22-20-19-21-23-25-27-29-31-33-36-39-43-47-51-55-59-63-67-78-72(77)66-62-58-54-50-46-40-16-14-12-10-8-6-4-2/h14,16,60,64,69-70,74-75H,3-13,15,17-59,61-63,65-68H2,1-2H3,(H,73,76)/b16-14-,64-60+. The molecule has 78 heavy (non-hydrogen) atoms. The van der Waals surface area contributed by atoms with Gasteiger partial charge in [-0.2, -0.15) is 0 Å². The second-order valence-corrected chi connectivity index (χ2v) is 24.6. The van der Waals surface area contributed by atoms with Crippen molar-refractivity contribution in [3.63, 3.8) is 0 Å². The van der Waals surface area contributed by atoms with Crippen LogP contribution in [0.3, 0.4) is 0 Å². The van der Waals surface area contributed by atoms with Crippen molar-refractivity contribution in [2.75, 3.05) is 13.2 Å². The van der Waals surface area contributed by atoms with Crippen LogP contribution >= 0.6 is 0 Å². The number of amides is 1.